The fraction of sp³-hybridized carbons (Fsp3) is 0.771. The molecule has 0 radical (unpaired) electrons. The summed E-state index contributed by atoms with van der Waals surface area (Å²) in [5, 5.41) is 9.77. The lowest BCUT2D eigenvalue weighted by atomic mass is 10.0. The number of carbonyl (C=O) groups excluding carboxylic acids is 2. The topological polar surface area (TPSA) is 108 Å². The fourth-order valence-corrected chi connectivity index (χ4v) is 11.2. The smallest absolute Gasteiger partial charge is 0.361 e. The molecule has 0 bridgehead atoms. The molecule has 0 amide bonds. The third kappa shape index (κ3) is 73.6. The van der Waals surface area contributed by atoms with Crippen molar-refractivity contribution < 1.29 is 42.9 Å². The first kappa shape index (κ1) is 88.2. The Morgan fingerprint density at radius 1 is 0.337 bits per heavy atom. The summed E-state index contributed by atoms with van der Waals surface area (Å²) in [6.07, 6.45) is 98.3. The van der Waals surface area contributed by atoms with Crippen LogP contribution < -0.4 is 0 Å². The van der Waals surface area contributed by atoms with E-state index in [0.29, 0.717) is 17.4 Å². The number of ether oxygens (including phenoxy) is 4. The highest BCUT2D eigenvalue weighted by Crippen LogP contribution is 2.19. The van der Waals surface area contributed by atoms with Crippen LogP contribution in [0.2, 0.25) is 0 Å². The predicted molar refractivity (Wildman–Crippen MR) is 396 cm³/mol. The van der Waals surface area contributed by atoms with E-state index in [-0.39, 0.29) is 32.2 Å². The minimum Gasteiger partial charge on any atom is -0.477 e. The van der Waals surface area contributed by atoms with Crippen molar-refractivity contribution in [2.24, 2.45) is 0 Å². The summed E-state index contributed by atoms with van der Waals surface area (Å²) >= 11 is 0. The number of carboxylic acids is 1. The van der Waals surface area contributed by atoms with E-state index in [0.717, 1.165) is 89.9 Å². The van der Waals surface area contributed by atoms with Crippen molar-refractivity contribution >= 4 is 17.9 Å². The number of nitrogens with zero attached hydrogens (tertiary/aromatic N) is 1. The first-order chi connectivity index (χ1) is 45.1. The summed E-state index contributed by atoms with van der Waals surface area (Å²) in [6, 6.07) is 0. The highest BCUT2D eigenvalue weighted by Gasteiger charge is 2.25. The molecule has 1 N–H and O–H groups in total. The Bertz CT molecular complexity index is 1840. The van der Waals surface area contributed by atoms with Crippen LogP contribution in [0.15, 0.2) is 97.2 Å². The van der Waals surface area contributed by atoms with Crippen molar-refractivity contribution in [1.82, 2.24) is 0 Å². The van der Waals surface area contributed by atoms with Gasteiger partial charge in [0, 0.05) is 12.8 Å². The Hall–Kier alpha value is -3.79. The van der Waals surface area contributed by atoms with Gasteiger partial charge in [0.25, 0.3) is 6.29 Å². The van der Waals surface area contributed by atoms with Gasteiger partial charge in [-0.15, -0.1) is 0 Å². The summed E-state index contributed by atoms with van der Waals surface area (Å²) in [5.74, 6) is -1.99. The van der Waals surface area contributed by atoms with Gasteiger partial charge in [0.1, 0.15) is 13.2 Å². The molecule has 0 spiro atoms. The van der Waals surface area contributed by atoms with Crippen molar-refractivity contribution in [3.8, 4) is 0 Å². The van der Waals surface area contributed by atoms with Crippen LogP contribution in [0.1, 0.15) is 354 Å². The van der Waals surface area contributed by atoms with E-state index in [1.807, 2.05) is 21.1 Å². The van der Waals surface area contributed by atoms with Gasteiger partial charge in [0.15, 0.2) is 6.10 Å². The number of hydrogen-bond donors (Lipinski definition) is 1. The van der Waals surface area contributed by atoms with Crippen LogP contribution in [-0.2, 0) is 33.3 Å². The Morgan fingerprint density at radius 2 is 0.620 bits per heavy atom. The van der Waals surface area contributed by atoms with Crippen LogP contribution in [-0.4, -0.2) is 87.4 Å². The first-order valence-electron chi connectivity index (χ1n) is 38.9. The lowest BCUT2D eigenvalue weighted by Crippen LogP contribution is -2.40. The fourth-order valence-electron chi connectivity index (χ4n) is 11.2. The summed E-state index contributed by atoms with van der Waals surface area (Å²) in [4.78, 5) is 37.7. The Kier molecular flexibility index (Phi) is 70.0. The van der Waals surface area contributed by atoms with E-state index in [9.17, 15) is 19.5 Å². The molecule has 9 nitrogen and oxygen atoms in total. The number of allylic oxidation sites excluding steroid dienone is 16. The zero-order valence-electron chi connectivity index (χ0n) is 60.9. The lowest BCUT2D eigenvalue weighted by Gasteiger charge is -2.25. The van der Waals surface area contributed by atoms with E-state index < -0.39 is 24.3 Å². The van der Waals surface area contributed by atoms with Crippen LogP contribution in [0.4, 0.5) is 0 Å². The van der Waals surface area contributed by atoms with Gasteiger partial charge in [-0.05, 0) is 77.0 Å². The second kappa shape index (κ2) is 73.0. The minimum absolute atomic E-state index is 0.181. The molecule has 9 heteroatoms. The van der Waals surface area contributed by atoms with Crippen LogP contribution in [0.25, 0.3) is 0 Å². The van der Waals surface area contributed by atoms with E-state index in [4.69, 9.17) is 18.9 Å². The number of esters is 2. The zero-order chi connectivity index (χ0) is 66.8. The van der Waals surface area contributed by atoms with Gasteiger partial charge >= 0.3 is 17.9 Å². The first-order valence-corrected chi connectivity index (χ1v) is 38.9. The summed E-state index contributed by atoms with van der Waals surface area (Å²) < 4.78 is 23.0. The minimum atomic E-state index is -1.51. The average molecular weight is 1290 g/mol. The van der Waals surface area contributed by atoms with Crippen molar-refractivity contribution in [1.29, 1.82) is 0 Å². The van der Waals surface area contributed by atoms with Gasteiger partial charge in [-0.2, -0.15) is 0 Å². The number of aliphatic carboxylic acids is 1. The third-order valence-corrected chi connectivity index (χ3v) is 17.1. The molecule has 0 aliphatic carbocycles. The molecule has 0 aliphatic rings. The highest BCUT2D eigenvalue weighted by molar-refractivity contribution is 5.71. The van der Waals surface area contributed by atoms with E-state index in [2.05, 4.69) is 111 Å². The third-order valence-electron chi connectivity index (χ3n) is 17.1. The molecular weight excluding hydrogens is 1140 g/mol. The number of carbonyl (C=O) groups is 3. The highest BCUT2D eigenvalue weighted by atomic mass is 16.7. The normalized spacial score (nSPS) is 13.2. The maximum Gasteiger partial charge on any atom is 0.361 e. The SMILES string of the molecule is CC/C=C\C/C=C\C/C=C\C/C=C\C/C=C\C/C=C\C/C=C\C/C=C\CCCCCCCCCCCCCCCCC(=O)OC(COC(=O)CCCCCCCCCCCCCCCCCCCCCCCCCCCCCC)COC(OCC[N+](C)(C)C)C(=O)O. The Labute approximate surface area is 569 Å². The molecule has 0 aromatic heterocycles. The zero-order valence-corrected chi connectivity index (χ0v) is 60.9. The van der Waals surface area contributed by atoms with Gasteiger partial charge in [-0.1, -0.05) is 361 Å². The number of quaternary nitrogens is 1. The summed E-state index contributed by atoms with van der Waals surface area (Å²) in [6.45, 7) is 4.82. The molecule has 0 saturated heterocycles. The molecule has 2 unspecified atom stereocenters. The molecule has 0 fully saturated rings. The molecular formula is C83H148NO8+. The Morgan fingerprint density at radius 3 is 0.924 bits per heavy atom. The van der Waals surface area contributed by atoms with E-state index >= 15 is 0 Å². The standard InChI is InChI=1S/C83H147NO8/c1-6-8-10-12-14-16-18-20-22-24-26-28-30-32-34-36-37-38-39-40-41-42-43-44-45-46-48-50-52-54-56-58-60-62-64-66-68-70-72-74-81(86)92-79(78-91-83(82(87)88)89-76-75-84(3,4)5)77-90-80(85)73-71-69-67-65-63-61-59-57-55-53-51-49-47-35-33-31-29-27-25-23-21-19-17-15-13-11-9-7-2/h8,10,14,16,20,22,26,28,32,34,37-38,40-41,43-44,79,83H,6-7,9,11-13,15,17-19,21,23-25,27,29-31,33,35-36,39,42,45-78H2,1-5H3/p+1/b10-8-,16-14-,22-20-,28-26-,34-32-,38-37-,41-40-,44-43-. The molecule has 0 aliphatic heterocycles. The summed E-state index contributed by atoms with van der Waals surface area (Å²) in [5.41, 5.74) is 0. The van der Waals surface area contributed by atoms with Crippen LogP contribution >= 0.6 is 0 Å². The van der Waals surface area contributed by atoms with Gasteiger partial charge < -0.3 is 28.5 Å². The number of likely N-dealkylation sites (N-methyl/N-ethyl adjacent to an activating group) is 1. The van der Waals surface area contributed by atoms with Crippen LogP contribution in [0, 0.1) is 0 Å². The maximum atomic E-state index is 13.0. The van der Waals surface area contributed by atoms with Gasteiger partial charge in [0.2, 0.25) is 0 Å². The van der Waals surface area contributed by atoms with Crippen molar-refractivity contribution in [3.63, 3.8) is 0 Å². The molecule has 0 aromatic carbocycles. The van der Waals surface area contributed by atoms with Crippen molar-refractivity contribution in [2.75, 3.05) is 47.5 Å². The van der Waals surface area contributed by atoms with Gasteiger partial charge in [-0.3, -0.25) is 9.59 Å². The van der Waals surface area contributed by atoms with E-state index in [1.54, 1.807) is 0 Å². The monoisotopic (exact) mass is 1290 g/mol. The molecule has 0 saturated carbocycles. The average Bonchev–Trinajstić information content (AvgIpc) is 3.75. The molecule has 532 valence electrons. The largest absolute Gasteiger partial charge is 0.477 e. The number of carboxylic acid groups (broad SMARTS) is 1. The molecule has 0 aromatic rings. The second-order valence-corrected chi connectivity index (χ2v) is 27.3. The number of hydrogen-bond acceptors (Lipinski definition) is 7. The van der Waals surface area contributed by atoms with E-state index in [1.165, 1.54) is 238 Å². The van der Waals surface area contributed by atoms with Gasteiger partial charge in [0.05, 0.1) is 34.4 Å². The number of rotatable bonds is 72. The predicted octanol–water partition coefficient (Wildman–Crippen LogP) is 24.8. The maximum absolute atomic E-state index is 13.0. The number of unbranched alkanes of at least 4 members (excludes halogenated alkanes) is 41. The molecule has 2 atom stereocenters. The quantitative estimate of drug-likeness (QED) is 0.0211. The van der Waals surface area contributed by atoms with Gasteiger partial charge in [-0.25, -0.2) is 4.79 Å². The molecule has 0 heterocycles. The summed E-state index contributed by atoms with van der Waals surface area (Å²) in [7, 11) is 5.99. The Balaban J connectivity index is 4.05. The van der Waals surface area contributed by atoms with Crippen LogP contribution in [0.3, 0.4) is 0 Å². The lowest BCUT2D eigenvalue weighted by molar-refractivity contribution is -0.870. The second-order valence-electron chi connectivity index (χ2n) is 27.3. The molecule has 92 heavy (non-hydrogen) atoms. The molecule has 0 rings (SSSR count). The van der Waals surface area contributed by atoms with Crippen LogP contribution in [0.5, 0.6) is 0 Å². The van der Waals surface area contributed by atoms with Crippen molar-refractivity contribution in [3.05, 3.63) is 97.2 Å². The van der Waals surface area contributed by atoms with Crippen molar-refractivity contribution in [2.45, 2.75) is 367 Å².